The van der Waals surface area contributed by atoms with Gasteiger partial charge in [0.15, 0.2) is 5.78 Å². The van der Waals surface area contributed by atoms with Gasteiger partial charge in [-0.3, -0.25) is 4.79 Å². The van der Waals surface area contributed by atoms with E-state index in [0.29, 0.717) is 16.1 Å². The lowest BCUT2D eigenvalue weighted by Crippen LogP contribution is -2.05. The van der Waals surface area contributed by atoms with Crippen LogP contribution in [0.3, 0.4) is 0 Å². The number of carbonyl (C=O) groups is 1. The molecule has 2 rings (SSSR count). The minimum Gasteiger partial charge on any atom is -0.294 e. The summed E-state index contributed by atoms with van der Waals surface area (Å²) in [5, 5.41) is 0.386. The van der Waals surface area contributed by atoms with Crippen molar-refractivity contribution in [2.24, 2.45) is 0 Å². The highest BCUT2D eigenvalue weighted by molar-refractivity contribution is 6.34. The highest BCUT2D eigenvalue weighted by atomic mass is 35.5. The maximum atomic E-state index is 13.3. The lowest BCUT2D eigenvalue weighted by molar-refractivity contribution is 0.0993. The number of halogens is 3. The minimum atomic E-state index is -0.526. The molecule has 19 heavy (non-hydrogen) atoms. The molecule has 0 saturated carbocycles. The van der Waals surface area contributed by atoms with Crippen LogP contribution >= 0.6 is 23.2 Å². The predicted molar refractivity (Wildman–Crippen MR) is 75.6 cm³/mol. The molecule has 0 heterocycles. The molecule has 0 aliphatic heterocycles. The number of aryl methyl sites for hydroxylation is 1. The molecule has 1 nitrogen and oxygen atoms in total. The summed E-state index contributed by atoms with van der Waals surface area (Å²) in [6.07, 6.45) is 0.0272. The van der Waals surface area contributed by atoms with Crippen molar-refractivity contribution in [3.05, 3.63) is 69.0 Å². The molecule has 4 heteroatoms. The molecular formula is C15H11Cl2FO. The molecule has 2 aromatic carbocycles. The van der Waals surface area contributed by atoms with Crippen molar-refractivity contribution in [2.45, 2.75) is 13.3 Å². The van der Waals surface area contributed by atoms with Crippen molar-refractivity contribution in [3.63, 3.8) is 0 Å². The third-order valence-electron chi connectivity index (χ3n) is 2.81. The number of ketones is 1. The van der Waals surface area contributed by atoms with E-state index in [9.17, 15) is 9.18 Å². The Kier molecular flexibility index (Phi) is 4.23. The summed E-state index contributed by atoms with van der Waals surface area (Å²) in [6.45, 7) is 1.89. The number of benzene rings is 2. The second-order valence-corrected chi connectivity index (χ2v) is 5.08. The van der Waals surface area contributed by atoms with E-state index in [1.165, 1.54) is 12.1 Å². The first-order chi connectivity index (χ1) is 8.99. The summed E-state index contributed by atoms with van der Waals surface area (Å²) in [7, 11) is 0. The van der Waals surface area contributed by atoms with Crippen LogP contribution in [0.4, 0.5) is 4.39 Å². The lowest BCUT2D eigenvalue weighted by atomic mass is 10.0. The maximum Gasteiger partial charge on any atom is 0.168 e. The molecular weight excluding hydrogens is 286 g/mol. The van der Waals surface area contributed by atoms with Gasteiger partial charge < -0.3 is 0 Å². The summed E-state index contributed by atoms with van der Waals surface area (Å²) in [5.74, 6) is -0.709. The van der Waals surface area contributed by atoms with E-state index in [0.717, 1.165) is 5.56 Å². The molecule has 0 aliphatic rings. The van der Waals surface area contributed by atoms with E-state index in [1.807, 2.05) is 13.0 Å². The van der Waals surface area contributed by atoms with Gasteiger partial charge in [0.2, 0.25) is 0 Å². The Morgan fingerprint density at radius 1 is 1.21 bits per heavy atom. The third kappa shape index (κ3) is 3.14. The number of Topliss-reactive ketones (excluding diaryl/α,β-unsaturated/α-hetero) is 1. The van der Waals surface area contributed by atoms with E-state index >= 15 is 0 Å². The second kappa shape index (κ2) is 5.72. The molecule has 98 valence electrons. The Labute approximate surface area is 121 Å². The normalized spacial score (nSPS) is 10.5. The van der Waals surface area contributed by atoms with Crippen molar-refractivity contribution in [1.82, 2.24) is 0 Å². The molecule has 0 fully saturated rings. The van der Waals surface area contributed by atoms with Crippen LogP contribution in [0, 0.1) is 12.7 Å². The molecule has 0 amide bonds. The number of rotatable bonds is 3. The first-order valence-corrected chi connectivity index (χ1v) is 6.47. The molecule has 0 aliphatic carbocycles. The standard InChI is InChI=1S/C15H11Cl2FO/c1-9-5-6-11(12(16)7-9)14(19)8-10-3-2-4-13(18)15(10)17/h2-7H,8H2,1H3. The summed E-state index contributed by atoms with van der Waals surface area (Å²) in [5.41, 5.74) is 1.86. The zero-order chi connectivity index (χ0) is 14.0. The Balaban J connectivity index is 2.28. The molecule has 0 unspecified atom stereocenters. The molecule has 0 aromatic heterocycles. The highest BCUT2D eigenvalue weighted by Gasteiger charge is 2.14. The van der Waals surface area contributed by atoms with Gasteiger partial charge >= 0.3 is 0 Å². The lowest BCUT2D eigenvalue weighted by Gasteiger charge is -2.06. The molecule has 0 spiro atoms. The van der Waals surface area contributed by atoms with Crippen LogP contribution in [-0.4, -0.2) is 5.78 Å². The molecule has 0 saturated heterocycles. The molecule has 0 atom stereocenters. The van der Waals surface area contributed by atoms with E-state index in [1.54, 1.807) is 18.2 Å². The maximum absolute atomic E-state index is 13.3. The van der Waals surface area contributed by atoms with Crippen molar-refractivity contribution in [2.75, 3.05) is 0 Å². The monoisotopic (exact) mass is 296 g/mol. The fourth-order valence-electron chi connectivity index (χ4n) is 1.80. The predicted octanol–water partition coefficient (Wildman–Crippen LogP) is 4.87. The number of hydrogen-bond acceptors (Lipinski definition) is 1. The third-order valence-corrected chi connectivity index (χ3v) is 3.54. The van der Waals surface area contributed by atoms with Crippen LogP contribution < -0.4 is 0 Å². The summed E-state index contributed by atoms with van der Waals surface area (Å²) < 4.78 is 13.3. The topological polar surface area (TPSA) is 17.1 Å². The minimum absolute atomic E-state index is 0.0147. The first-order valence-electron chi connectivity index (χ1n) is 5.71. The zero-order valence-electron chi connectivity index (χ0n) is 10.2. The number of hydrogen-bond donors (Lipinski definition) is 0. The highest BCUT2D eigenvalue weighted by Crippen LogP contribution is 2.24. The zero-order valence-corrected chi connectivity index (χ0v) is 11.7. The van der Waals surface area contributed by atoms with Gasteiger partial charge in [0.05, 0.1) is 10.0 Å². The fraction of sp³-hybridized carbons (Fsp3) is 0.133. The van der Waals surface area contributed by atoms with Crippen LogP contribution in [0.1, 0.15) is 21.5 Å². The van der Waals surface area contributed by atoms with Crippen molar-refractivity contribution >= 4 is 29.0 Å². The van der Waals surface area contributed by atoms with E-state index in [4.69, 9.17) is 23.2 Å². The summed E-state index contributed by atoms with van der Waals surface area (Å²) in [6, 6.07) is 9.63. The summed E-state index contributed by atoms with van der Waals surface area (Å²) in [4.78, 5) is 12.1. The summed E-state index contributed by atoms with van der Waals surface area (Å²) >= 11 is 11.9. The average Bonchev–Trinajstić information content (AvgIpc) is 2.34. The van der Waals surface area contributed by atoms with Gasteiger partial charge in [-0.2, -0.15) is 0 Å². The van der Waals surface area contributed by atoms with Crippen LogP contribution in [-0.2, 0) is 6.42 Å². The van der Waals surface area contributed by atoms with Crippen LogP contribution in [0.2, 0.25) is 10.0 Å². The van der Waals surface area contributed by atoms with E-state index in [-0.39, 0.29) is 17.2 Å². The van der Waals surface area contributed by atoms with E-state index < -0.39 is 5.82 Å². The SMILES string of the molecule is Cc1ccc(C(=O)Cc2cccc(F)c2Cl)c(Cl)c1. The largest absolute Gasteiger partial charge is 0.294 e. The van der Waals surface area contributed by atoms with Crippen molar-refractivity contribution in [3.8, 4) is 0 Å². The van der Waals surface area contributed by atoms with Gasteiger partial charge in [-0.1, -0.05) is 41.4 Å². The van der Waals surface area contributed by atoms with Crippen LogP contribution in [0.25, 0.3) is 0 Å². The van der Waals surface area contributed by atoms with Crippen molar-refractivity contribution in [1.29, 1.82) is 0 Å². The Hall–Kier alpha value is -1.38. The fourth-order valence-corrected chi connectivity index (χ4v) is 2.33. The quantitative estimate of drug-likeness (QED) is 0.739. The van der Waals surface area contributed by atoms with Gasteiger partial charge in [-0.15, -0.1) is 0 Å². The first kappa shape index (κ1) is 14.0. The molecule has 0 radical (unpaired) electrons. The molecule has 2 aromatic rings. The van der Waals surface area contributed by atoms with Crippen LogP contribution in [0.15, 0.2) is 36.4 Å². The van der Waals surface area contributed by atoms with E-state index in [2.05, 4.69) is 0 Å². The Morgan fingerprint density at radius 2 is 1.95 bits per heavy atom. The van der Waals surface area contributed by atoms with Crippen molar-refractivity contribution < 1.29 is 9.18 Å². The average molecular weight is 297 g/mol. The van der Waals surface area contributed by atoms with Gasteiger partial charge in [-0.05, 0) is 36.2 Å². The molecule has 0 N–H and O–H groups in total. The number of carbonyl (C=O) groups excluding carboxylic acids is 1. The Bertz CT molecular complexity index is 638. The van der Waals surface area contributed by atoms with Gasteiger partial charge in [0.1, 0.15) is 5.82 Å². The van der Waals surface area contributed by atoms with Gasteiger partial charge in [-0.25, -0.2) is 4.39 Å². The molecule has 0 bridgehead atoms. The smallest absolute Gasteiger partial charge is 0.168 e. The van der Waals surface area contributed by atoms with Crippen LogP contribution in [0.5, 0.6) is 0 Å². The van der Waals surface area contributed by atoms with Gasteiger partial charge in [0, 0.05) is 12.0 Å². The second-order valence-electron chi connectivity index (χ2n) is 4.30. The van der Waals surface area contributed by atoms with Gasteiger partial charge in [0.25, 0.3) is 0 Å². The Morgan fingerprint density at radius 3 is 2.63 bits per heavy atom.